The standard InChI is InChI=1S/C4H4O2.C3H10O3Si/c1-3-2-6-4(3)5;1-4-7(5-2)6-3/h2H,1H3;7H,1-3H3. The Balaban J connectivity index is 0.000000223. The van der Waals surface area contributed by atoms with Crippen LogP contribution in [0.3, 0.4) is 0 Å². The Bertz CT molecular complexity index is 182. The Labute approximate surface area is 79.2 Å². The van der Waals surface area contributed by atoms with E-state index in [-0.39, 0.29) is 5.97 Å². The predicted molar refractivity (Wildman–Crippen MR) is 48.0 cm³/mol. The summed E-state index contributed by atoms with van der Waals surface area (Å²) in [5, 5.41) is 0. The van der Waals surface area contributed by atoms with Gasteiger partial charge in [0.25, 0.3) is 0 Å². The normalized spacial score (nSPS) is 13.9. The molecule has 0 unspecified atom stereocenters. The number of carbonyl (C=O) groups excluding carboxylic acids is 1. The van der Waals surface area contributed by atoms with Gasteiger partial charge in [0.15, 0.2) is 0 Å². The van der Waals surface area contributed by atoms with Gasteiger partial charge >= 0.3 is 15.5 Å². The molecule has 76 valence electrons. The van der Waals surface area contributed by atoms with Crippen LogP contribution >= 0.6 is 0 Å². The minimum absolute atomic E-state index is 0.199. The van der Waals surface area contributed by atoms with E-state index in [0.29, 0.717) is 5.57 Å². The van der Waals surface area contributed by atoms with E-state index in [9.17, 15) is 4.79 Å². The molecule has 0 aromatic rings. The highest BCUT2D eigenvalue weighted by Gasteiger charge is 2.12. The molecule has 1 aliphatic rings. The summed E-state index contributed by atoms with van der Waals surface area (Å²) in [6.45, 7) is 1.71. The van der Waals surface area contributed by atoms with E-state index in [1.807, 2.05) is 0 Å². The van der Waals surface area contributed by atoms with Crippen LogP contribution in [0, 0.1) is 0 Å². The molecule has 0 amide bonds. The van der Waals surface area contributed by atoms with Crippen LogP contribution in [0.15, 0.2) is 11.8 Å². The summed E-state index contributed by atoms with van der Waals surface area (Å²) in [5.74, 6) is -0.199. The van der Waals surface area contributed by atoms with Crippen molar-refractivity contribution in [3.05, 3.63) is 11.8 Å². The maximum atomic E-state index is 9.94. The largest absolute Gasteiger partial charge is 0.483 e. The van der Waals surface area contributed by atoms with Gasteiger partial charge in [-0.2, -0.15) is 0 Å². The first-order valence-electron chi connectivity index (χ1n) is 3.61. The van der Waals surface area contributed by atoms with E-state index in [0.717, 1.165) is 0 Å². The molecule has 6 heteroatoms. The lowest BCUT2D eigenvalue weighted by molar-refractivity contribution is -0.138. The lowest BCUT2D eigenvalue weighted by Gasteiger charge is -2.05. The van der Waals surface area contributed by atoms with Crippen molar-refractivity contribution in [3.63, 3.8) is 0 Å². The summed E-state index contributed by atoms with van der Waals surface area (Å²) in [7, 11) is 3.05. The molecule has 5 nitrogen and oxygen atoms in total. The highest BCUT2D eigenvalue weighted by molar-refractivity contribution is 6.36. The lowest BCUT2D eigenvalue weighted by atomic mass is 10.3. The highest BCUT2D eigenvalue weighted by atomic mass is 28.3. The summed E-state index contributed by atoms with van der Waals surface area (Å²) < 4.78 is 18.5. The second-order valence-corrected chi connectivity index (χ2v) is 4.19. The van der Waals surface area contributed by atoms with E-state index in [1.165, 1.54) is 6.26 Å². The van der Waals surface area contributed by atoms with Crippen molar-refractivity contribution in [1.82, 2.24) is 0 Å². The van der Waals surface area contributed by atoms with Crippen LogP contribution in [0.1, 0.15) is 6.92 Å². The third kappa shape index (κ3) is 4.78. The molecule has 1 aliphatic heterocycles. The third-order valence-corrected chi connectivity index (χ3v) is 2.40. The molecular formula is C7H14O5Si. The van der Waals surface area contributed by atoms with Crippen LogP contribution in [0.25, 0.3) is 0 Å². The van der Waals surface area contributed by atoms with Crippen LogP contribution in [-0.4, -0.2) is 36.8 Å². The minimum atomic E-state index is -1.67. The van der Waals surface area contributed by atoms with Gasteiger partial charge in [-0.25, -0.2) is 4.79 Å². The Morgan fingerprint density at radius 1 is 1.23 bits per heavy atom. The number of carbonyl (C=O) groups is 1. The molecule has 0 aliphatic carbocycles. The summed E-state index contributed by atoms with van der Waals surface area (Å²) in [6, 6.07) is 0. The molecule has 0 saturated heterocycles. The zero-order valence-electron chi connectivity index (χ0n) is 8.20. The first kappa shape index (κ1) is 12.3. The predicted octanol–water partition coefficient (Wildman–Crippen LogP) is 0.0898. The van der Waals surface area contributed by atoms with E-state index in [4.69, 9.17) is 13.3 Å². The van der Waals surface area contributed by atoms with Crippen LogP contribution in [0.4, 0.5) is 0 Å². The fourth-order valence-corrected chi connectivity index (χ4v) is 1.09. The number of cyclic esters (lactones) is 1. The molecule has 0 radical (unpaired) electrons. The van der Waals surface area contributed by atoms with Crippen molar-refractivity contribution in [3.8, 4) is 0 Å². The molecule has 0 bridgehead atoms. The molecule has 1 heterocycles. The second kappa shape index (κ2) is 6.78. The molecule has 0 aromatic carbocycles. The van der Waals surface area contributed by atoms with Crippen molar-refractivity contribution in [1.29, 1.82) is 0 Å². The summed E-state index contributed by atoms with van der Waals surface area (Å²) in [6.07, 6.45) is 1.43. The maximum absolute atomic E-state index is 9.94. The summed E-state index contributed by atoms with van der Waals surface area (Å²) in [4.78, 5) is 9.94. The zero-order chi connectivity index (χ0) is 10.3. The van der Waals surface area contributed by atoms with E-state index in [2.05, 4.69) is 4.74 Å². The van der Waals surface area contributed by atoms with Gasteiger partial charge in [0, 0.05) is 21.3 Å². The smallest absolute Gasteiger partial charge is 0.430 e. The van der Waals surface area contributed by atoms with E-state index < -0.39 is 9.53 Å². The molecule has 0 atom stereocenters. The van der Waals surface area contributed by atoms with Crippen molar-refractivity contribution in [2.45, 2.75) is 6.92 Å². The third-order valence-electron chi connectivity index (χ3n) is 1.24. The number of rotatable bonds is 3. The van der Waals surface area contributed by atoms with Gasteiger partial charge in [0.2, 0.25) is 0 Å². The van der Waals surface area contributed by atoms with Crippen molar-refractivity contribution in [2.75, 3.05) is 21.3 Å². The number of hydrogen-bond donors (Lipinski definition) is 0. The van der Waals surface area contributed by atoms with Crippen LogP contribution < -0.4 is 0 Å². The molecule has 1 rings (SSSR count). The molecule has 0 N–H and O–H groups in total. The highest BCUT2D eigenvalue weighted by Crippen LogP contribution is 2.06. The van der Waals surface area contributed by atoms with Gasteiger partial charge in [-0.15, -0.1) is 0 Å². The quantitative estimate of drug-likeness (QED) is 0.484. The van der Waals surface area contributed by atoms with Gasteiger partial charge in [0.05, 0.1) is 5.57 Å². The van der Waals surface area contributed by atoms with Gasteiger partial charge in [-0.1, -0.05) is 0 Å². The van der Waals surface area contributed by atoms with Crippen LogP contribution in [0.2, 0.25) is 0 Å². The van der Waals surface area contributed by atoms with E-state index in [1.54, 1.807) is 28.3 Å². The molecule has 0 aromatic heterocycles. The van der Waals surface area contributed by atoms with Crippen LogP contribution in [-0.2, 0) is 22.8 Å². The fourth-order valence-electron chi connectivity index (χ4n) is 0.514. The Morgan fingerprint density at radius 3 is 1.62 bits per heavy atom. The van der Waals surface area contributed by atoms with Crippen molar-refractivity contribution >= 4 is 15.5 Å². The van der Waals surface area contributed by atoms with Gasteiger partial charge in [-0.3, -0.25) is 0 Å². The molecule has 0 spiro atoms. The second-order valence-electron chi connectivity index (χ2n) is 2.20. The van der Waals surface area contributed by atoms with Gasteiger partial charge in [0.1, 0.15) is 6.26 Å². The van der Waals surface area contributed by atoms with Crippen molar-refractivity contribution in [2.24, 2.45) is 0 Å². The average Bonchev–Trinajstić information content (AvgIpc) is 2.19. The summed E-state index contributed by atoms with van der Waals surface area (Å²) in [5.41, 5.74) is 0.704. The average molecular weight is 206 g/mol. The number of esters is 1. The molecule has 13 heavy (non-hydrogen) atoms. The minimum Gasteiger partial charge on any atom is -0.430 e. The maximum Gasteiger partial charge on any atom is 0.483 e. The van der Waals surface area contributed by atoms with Gasteiger partial charge in [-0.05, 0) is 6.92 Å². The Kier molecular flexibility index (Phi) is 6.42. The zero-order valence-corrected chi connectivity index (χ0v) is 9.35. The Morgan fingerprint density at radius 2 is 1.62 bits per heavy atom. The topological polar surface area (TPSA) is 54.0 Å². The molecule has 0 saturated carbocycles. The van der Waals surface area contributed by atoms with Crippen molar-refractivity contribution < 1.29 is 22.8 Å². The van der Waals surface area contributed by atoms with E-state index >= 15 is 0 Å². The monoisotopic (exact) mass is 206 g/mol. The van der Waals surface area contributed by atoms with Gasteiger partial charge < -0.3 is 18.0 Å². The summed E-state index contributed by atoms with van der Waals surface area (Å²) >= 11 is 0. The first-order chi connectivity index (χ1) is 6.15. The van der Waals surface area contributed by atoms with Crippen LogP contribution in [0.5, 0.6) is 0 Å². The molecule has 0 fully saturated rings. The number of hydrogen-bond acceptors (Lipinski definition) is 5. The SMILES string of the molecule is CC1=COC1=O.CO[SiH](OC)OC. The first-order valence-corrected chi connectivity index (χ1v) is 5.03. The number of ether oxygens (including phenoxy) is 1. The fraction of sp³-hybridized carbons (Fsp3) is 0.571. The Hall–Kier alpha value is -0.693. The lowest BCUT2D eigenvalue weighted by Crippen LogP contribution is -2.21. The molecular weight excluding hydrogens is 192 g/mol.